The van der Waals surface area contributed by atoms with Crippen LogP contribution in [0, 0.1) is 6.92 Å². The molecule has 0 unspecified atom stereocenters. The molecule has 0 spiro atoms. The van der Waals surface area contributed by atoms with Crippen molar-refractivity contribution in [3.63, 3.8) is 0 Å². The number of hydrogen-bond acceptors (Lipinski definition) is 4. The van der Waals surface area contributed by atoms with Gasteiger partial charge in [-0.25, -0.2) is 0 Å². The van der Waals surface area contributed by atoms with Crippen LogP contribution in [0.25, 0.3) is 0 Å². The van der Waals surface area contributed by atoms with Crippen molar-refractivity contribution in [3.05, 3.63) is 86.4 Å². The standard InChI is InChI=1S/C27H26Cl5N3O3/c1-15-10-19(33-8-9-38-3)5-7-23(15)35-25(36)21-14-20(4-6-22(21)30)34-26(37)24(27(2,31)32)16-11-17(28)13-18(29)12-16/h4-7,10-14,24,33H,8-9H2,1-3H3,(H,34,37)(H,35,36)/t24-/m0/s1. The van der Waals surface area contributed by atoms with Crippen LogP contribution < -0.4 is 16.0 Å². The predicted octanol–water partition coefficient (Wildman–Crippen LogP) is 8.18. The summed E-state index contributed by atoms with van der Waals surface area (Å²) in [7, 11) is 1.64. The third-order valence-electron chi connectivity index (χ3n) is 5.58. The number of methoxy groups -OCH3 is 1. The lowest BCUT2D eigenvalue weighted by molar-refractivity contribution is -0.117. The Kier molecular flexibility index (Phi) is 10.6. The van der Waals surface area contributed by atoms with Gasteiger partial charge in [-0.2, -0.15) is 0 Å². The maximum absolute atomic E-state index is 13.3. The summed E-state index contributed by atoms with van der Waals surface area (Å²) in [6, 6.07) is 14.8. The second-order valence-corrected chi connectivity index (χ2v) is 11.7. The number of carbonyl (C=O) groups is 2. The number of nitrogens with one attached hydrogen (secondary N) is 3. The van der Waals surface area contributed by atoms with Crippen LogP contribution in [0.1, 0.15) is 34.3 Å². The third-order valence-corrected chi connectivity index (χ3v) is 6.78. The number of ether oxygens (including phenoxy) is 1. The molecular weight excluding hydrogens is 592 g/mol. The number of amides is 2. The van der Waals surface area contributed by atoms with Gasteiger partial charge in [0.25, 0.3) is 5.91 Å². The molecule has 0 fully saturated rings. The zero-order chi connectivity index (χ0) is 28.0. The van der Waals surface area contributed by atoms with Crippen molar-refractivity contribution in [1.82, 2.24) is 0 Å². The molecule has 202 valence electrons. The monoisotopic (exact) mass is 615 g/mol. The van der Waals surface area contributed by atoms with Crippen molar-refractivity contribution in [2.24, 2.45) is 0 Å². The number of hydrogen-bond donors (Lipinski definition) is 3. The molecule has 0 aliphatic heterocycles. The van der Waals surface area contributed by atoms with E-state index in [0.717, 1.165) is 11.3 Å². The minimum atomic E-state index is -1.49. The molecule has 3 aromatic carbocycles. The Balaban J connectivity index is 1.80. The van der Waals surface area contributed by atoms with Gasteiger partial charge in [0.05, 0.1) is 23.1 Å². The maximum Gasteiger partial charge on any atom is 0.257 e. The highest BCUT2D eigenvalue weighted by Gasteiger charge is 2.38. The van der Waals surface area contributed by atoms with Crippen molar-refractivity contribution in [2.45, 2.75) is 24.1 Å². The summed E-state index contributed by atoms with van der Waals surface area (Å²) in [5, 5.41) is 9.76. The molecule has 0 radical (unpaired) electrons. The van der Waals surface area contributed by atoms with Crippen LogP contribution in [-0.2, 0) is 9.53 Å². The first-order chi connectivity index (χ1) is 17.9. The van der Waals surface area contributed by atoms with Crippen molar-refractivity contribution in [1.29, 1.82) is 0 Å². The molecule has 6 nitrogen and oxygen atoms in total. The van der Waals surface area contributed by atoms with Gasteiger partial charge in [-0.15, -0.1) is 23.2 Å². The van der Waals surface area contributed by atoms with Crippen LogP contribution in [0.5, 0.6) is 0 Å². The van der Waals surface area contributed by atoms with Gasteiger partial charge in [-0.3, -0.25) is 9.59 Å². The number of rotatable bonds is 10. The molecule has 3 rings (SSSR count). The molecule has 2 amide bonds. The lowest BCUT2D eigenvalue weighted by Crippen LogP contribution is -2.32. The fourth-order valence-corrected chi connectivity index (χ4v) is 5.00. The zero-order valence-corrected chi connectivity index (χ0v) is 24.6. The normalized spacial score (nSPS) is 12.1. The Morgan fingerprint density at radius 2 is 1.58 bits per heavy atom. The average Bonchev–Trinajstić information content (AvgIpc) is 2.80. The van der Waals surface area contributed by atoms with Crippen molar-refractivity contribution >= 4 is 86.9 Å². The molecule has 0 aromatic heterocycles. The maximum atomic E-state index is 13.3. The van der Waals surface area contributed by atoms with E-state index in [1.807, 2.05) is 19.1 Å². The highest BCUT2D eigenvalue weighted by molar-refractivity contribution is 6.50. The van der Waals surface area contributed by atoms with E-state index in [2.05, 4.69) is 16.0 Å². The lowest BCUT2D eigenvalue weighted by atomic mass is 9.94. The Morgan fingerprint density at radius 3 is 2.18 bits per heavy atom. The summed E-state index contributed by atoms with van der Waals surface area (Å²) < 4.78 is 3.55. The van der Waals surface area contributed by atoms with E-state index in [1.165, 1.54) is 19.1 Å². The first-order valence-corrected chi connectivity index (χ1v) is 13.4. The number of carbonyl (C=O) groups excluding carboxylic acids is 2. The van der Waals surface area contributed by atoms with Crippen molar-refractivity contribution < 1.29 is 14.3 Å². The molecule has 0 aliphatic carbocycles. The van der Waals surface area contributed by atoms with Crippen LogP contribution in [0.3, 0.4) is 0 Å². The summed E-state index contributed by atoms with van der Waals surface area (Å²) in [4.78, 5) is 26.4. The largest absolute Gasteiger partial charge is 0.383 e. The Hall–Kier alpha value is -2.19. The Morgan fingerprint density at radius 1 is 0.921 bits per heavy atom. The van der Waals surface area contributed by atoms with Gasteiger partial charge in [0.15, 0.2) is 0 Å². The predicted molar refractivity (Wildman–Crippen MR) is 159 cm³/mol. The van der Waals surface area contributed by atoms with E-state index >= 15 is 0 Å². The van der Waals surface area contributed by atoms with E-state index in [4.69, 9.17) is 62.7 Å². The van der Waals surface area contributed by atoms with Gasteiger partial charge in [-0.05, 0) is 79.6 Å². The number of alkyl halides is 2. The summed E-state index contributed by atoms with van der Waals surface area (Å²) in [5.41, 5.74) is 3.32. The topological polar surface area (TPSA) is 79.5 Å². The SMILES string of the molecule is COCCNc1ccc(NC(=O)c2cc(NC(=O)[C@H](c3cc(Cl)cc(Cl)c3)C(C)(Cl)Cl)ccc2Cl)c(C)c1. The summed E-state index contributed by atoms with van der Waals surface area (Å²) in [5.74, 6) is -1.97. The molecular formula is C27H26Cl5N3O3. The Bertz CT molecular complexity index is 1310. The van der Waals surface area contributed by atoms with Gasteiger partial charge in [-0.1, -0.05) is 34.8 Å². The fourth-order valence-electron chi connectivity index (χ4n) is 3.81. The van der Waals surface area contributed by atoms with E-state index in [9.17, 15) is 9.59 Å². The molecule has 0 bridgehead atoms. The van der Waals surface area contributed by atoms with E-state index < -0.39 is 22.1 Å². The summed E-state index contributed by atoms with van der Waals surface area (Å²) in [6.07, 6.45) is 0. The Labute approximate surface area is 246 Å². The third kappa shape index (κ3) is 8.15. The van der Waals surface area contributed by atoms with Crippen LogP contribution in [0.2, 0.25) is 15.1 Å². The van der Waals surface area contributed by atoms with Crippen molar-refractivity contribution in [2.75, 3.05) is 36.2 Å². The highest BCUT2D eigenvalue weighted by atomic mass is 35.5. The van der Waals surface area contributed by atoms with E-state index in [1.54, 1.807) is 37.4 Å². The average molecular weight is 618 g/mol. The molecule has 0 saturated heterocycles. The second-order valence-electron chi connectivity index (χ2n) is 8.68. The van der Waals surface area contributed by atoms with E-state index in [0.29, 0.717) is 40.1 Å². The quantitative estimate of drug-likeness (QED) is 0.158. The van der Waals surface area contributed by atoms with Gasteiger partial charge in [0.2, 0.25) is 5.91 Å². The molecule has 0 heterocycles. The van der Waals surface area contributed by atoms with Gasteiger partial charge in [0.1, 0.15) is 4.33 Å². The fraction of sp³-hybridized carbons (Fsp3) is 0.259. The molecule has 3 N–H and O–H groups in total. The summed E-state index contributed by atoms with van der Waals surface area (Å²) in [6.45, 7) is 4.61. The van der Waals surface area contributed by atoms with Gasteiger partial charge < -0.3 is 20.7 Å². The van der Waals surface area contributed by atoms with E-state index in [-0.39, 0.29) is 10.6 Å². The van der Waals surface area contributed by atoms with Crippen LogP contribution in [-0.4, -0.2) is 36.4 Å². The second kappa shape index (κ2) is 13.2. The lowest BCUT2D eigenvalue weighted by Gasteiger charge is -2.26. The number of aryl methyl sites for hydroxylation is 1. The van der Waals surface area contributed by atoms with Gasteiger partial charge in [0, 0.05) is 40.8 Å². The first-order valence-electron chi connectivity index (χ1n) is 11.5. The van der Waals surface area contributed by atoms with Crippen LogP contribution in [0.4, 0.5) is 17.1 Å². The molecule has 38 heavy (non-hydrogen) atoms. The molecule has 3 aromatic rings. The molecule has 11 heteroatoms. The van der Waals surface area contributed by atoms with Crippen LogP contribution >= 0.6 is 58.0 Å². The molecule has 1 atom stereocenters. The number of anilines is 3. The highest BCUT2D eigenvalue weighted by Crippen LogP contribution is 2.40. The number of halogens is 5. The molecule has 0 aliphatic rings. The molecule has 0 saturated carbocycles. The van der Waals surface area contributed by atoms with Crippen LogP contribution in [0.15, 0.2) is 54.6 Å². The van der Waals surface area contributed by atoms with Crippen molar-refractivity contribution in [3.8, 4) is 0 Å². The smallest absolute Gasteiger partial charge is 0.257 e. The van der Waals surface area contributed by atoms with Gasteiger partial charge >= 0.3 is 0 Å². The number of benzene rings is 3. The minimum absolute atomic E-state index is 0.174. The zero-order valence-electron chi connectivity index (χ0n) is 20.8. The summed E-state index contributed by atoms with van der Waals surface area (Å²) >= 11 is 31.3. The minimum Gasteiger partial charge on any atom is -0.383 e. The first kappa shape index (κ1) is 30.4.